The minimum atomic E-state index is 0.00500. The van der Waals surface area contributed by atoms with Crippen molar-refractivity contribution >= 4 is 5.96 Å². The van der Waals surface area contributed by atoms with Gasteiger partial charge in [-0.25, -0.2) is 0 Å². The van der Waals surface area contributed by atoms with Gasteiger partial charge in [0, 0.05) is 26.7 Å². The van der Waals surface area contributed by atoms with E-state index in [1.165, 1.54) is 6.42 Å². The standard InChI is InChI=1S/C10H19N3O/c1-10(14-2)4-3-7-13(8-10)9-11-5-6-12-9/h3-8H2,1-2H3,(H,11,12). The van der Waals surface area contributed by atoms with Crippen LogP contribution in [0.2, 0.25) is 0 Å². The number of nitrogens with zero attached hydrogens (tertiary/aromatic N) is 2. The van der Waals surface area contributed by atoms with Crippen molar-refractivity contribution in [2.75, 3.05) is 33.3 Å². The Morgan fingerprint density at radius 1 is 1.57 bits per heavy atom. The molecule has 1 unspecified atom stereocenters. The number of rotatable bonds is 1. The molecule has 0 radical (unpaired) electrons. The van der Waals surface area contributed by atoms with E-state index in [2.05, 4.69) is 22.1 Å². The lowest BCUT2D eigenvalue weighted by Gasteiger charge is -2.40. The Hall–Kier alpha value is -0.770. The van der Waals surface area contributed by atoms with Crippen LogP contribution >= 0.6 is 0 Å². The summed E-state index contributed by atoms with van der Waals surface area (Å²) in [5, 5.41) is 3.31. The van der Waals surface area contributed by atoms with Gasteiger partial charge in [0.25, 0.3) is 0 Å². The number of guanidine groups is 1. The Balaban J connectivity index is 2.00. The van der Waals surface area contributed by atoms with E-state index in [9.17, 15) is 0 Å². The van der Waals surface area contributed by atoms with Crippen molar-refractivity contribution in [2.45, 2.75) is 25.4 Å². The first kappa shape index (κ1) is 9.77. The fourth-order valence-electron chi connectivity index (χ4n) is 2.15. The molecule has 2 aliphatic rings. The zero-order valence-corrected chi connectivity index (χ0v) is 9.05. The van der Waals surface area contributed by atoms with Gasteiger partial charge in [0.15, 0.2) is 5.96 Å². The molecule has 2 aliphatic heterocycles. The number of hydrogen-bond acceptors (Lipinski definition) is 4. The number of nitrogens with one attached hydrogen (secondary N) is 1. The SMILES string of the molecule is COC1(C)CCCN(C2=NCCN2)C1. The van der Waals surface area contributed by atoms with Crippen molar-refractivity contribution in [1.29, 1.82) is 0 Å². The summed E-state index contributed by atoms with van der Waals surface area (Å²) in [6.45, 7) is 6.12. The second-order valence-corrected chi connectivity index (χ2v) is 4.31. The zero-order chi connectivity index (χ0) is 10.0. The molecule has 0 aliphatic carbocycles. The second-order valence-electron chi connectivity index (χ2n) is 4.31. The Kier molecular flexibility index (Phi) is 2.63. The Morgan fingerprint density at radius 3 is 3.07 bits per heavy atom. The first-order valence-corrected chi connectivity index (χ1v) is 5.32. The fourth-order valence-corrected chi connectivity index (χ4v) is 2.15. The highest BCUT2D eigenvalue weighted by molar-refractivity contribution is 5.81. The fraction of sp³-hybridized carbons (Fsp3) is 0.900. The monoisotopic (exact) mass is 197 g/mol. The highest BCUT2D eigenvalue weighted by atomic mass is 16.5. The van der Waals surface area contributed by atoms with Gasteiger partial charge in [-0.05, 0) is 19.8 Å². The zero-order valence-electron chi connectivity index (χ0n) is 9.05. The average molecular weight is 197 g/mol. The molecule has 0 aromatic carbocycles. The molecule has 0 aromatic rings. The molecule has 4 heteroatoms. The number of likely N-dealkylation sites (tertiary alicyclic amines) is 1. The number of methoxy groups -OCH3 is 1. The van der Waals surface area contributed by atoms with Crippen LogP contribution in [0.5, 0.6) is 0 Å². The molecule has 4 nitrogen and oxygen atoms in total. The predicted octanol–water partition coefficient (Wildman–Crippen LogP) is 0.446. The van der Waals surface area contributed by atoms with Gasteiger partial charge in [-0.3, -0.25) is 4.99 Å². The van der Waals surface area contributed by atoms with Gasteiger partial charge in [-0.15, -0.1) is 0 Å². The summed E-state index contributed by atoms with van der Waals surface area (Å²) in [7, 11) is 1.80. The van der Waals surface area contributed by atoms with Gasteiger partial charge < -0.3 is 15.0 Å². The van der Waals surface area contributed by atoms with E-state index in [-0.39, 0.29) is 5.60 Å². The smallest absolute Gasteiger partial charge is 0.194 e. The second kappa shape index (κ2) is 3.77. The maximum Gasteiger partial charge on any atom is 0.194 e. The van der Waals surface area contributed by atoms with Crippen molar-refractivity contribution in [3.05, 3.63) is 0 Å². The molecule has 0 saturated carbocycles. The van der Waals surface area contributed by atoms with E-state index in [1.54, 1.807) is 7.11 Å². The normalized spacial score (nSPS) is 32.7. The Morgan fingerprint density at radius 2 is 2.43 bits per heavy atom. The van der Waals surface area contributed by atoms with Crippen LogP contribution in [0, 0.1) is 0 Å². The maximum absolute atomic E-state index is 5.54. The van der Waals surface area contributed by atoms with E-state index >= 15 is 0 Å². The summed E-state index contributed by atoms with van der Waals surface area (Å²) in [4.78, 5) is 6.74. The van der Waals surface area contributed by atoms with E-state index < -0.39 is 0 Å². The third-order valence-electron chi connectivity index (χ3n) is 3.11. The largest absolute Gasteiger partial charge is 0.377 e. The summed E-state index contributed by atoms with van der Waals surface area (Å²) in [6.07, 6.45) is 2.33. The molecular formula is C10H19N3O. The number of hydrogen-bond donors (Lipinski definition) is 1. The molecule has 80 valence electrons. The third-order valence-corrected chi connectivity index (χ3v) is 3.11. The quantitative estimate of drug-likeness (QED) is 0.663. The Labute approximate surface area is 85.3 Å². The molecule has 2 heterocycles. The molecule has 14 heavy (non-hydrogen) atoms. The van der Waals surface area contributed by atoms with Crippen molar-refractivity contribution < 1.29 is 4.74 Å². The minimum Gasteiger partial charge on any atom is -0.377 e. The van der Waals surface area contributed by atoms with Gasteiger partial charge in [0.1, 0.15) is 0 Å². The molecule has 1 N–H and O–H groups in total. The first-order chi connectivity index (χ1) is 6.73. The lowest BCUT2D eigenvalue weighted by molar-refractivity contribution is -0.0353. The van der Waals surface area contributed by atoms with E-state index in [0.29, 0.717) is 0 Å². The summed E-state index contributed by atoms with van der Waals surface area (Å²) in [5.41, 5.74) is 0.00500. The minimum absolute atomic E-state index is 0.00500. The average Bonchev–Trinajstić information content (AvgIpc) is 2.71. The van der Waals surface area contributed by atoms with Crippen LogP contribution in [0.15, 0.2) is 4.99 Å². The molecule has 1 fully saturated rings. The summed E-state index contributed by atoms with van der Waals surface area (Å²) >= 11 is 0. The van der Waals surface area contributed by atoms with Crippen LogP contribution < -0.4 is 5.32 Å². The summed E-state index contributed by atoms with van der Waals surface area (Å²) in [6, 6.07) is 0. The lowest BCUT2D eigenvalue weighted by atomic mass is 9.95. The summed E-state index contributed by atoms with van der Waals surface area (Å²) in [5.74, 6) is 1.06. The van der Waals surface area contributed by atoms with Crippen molar-refractivity contribution in [3.63, 3.8) is 0 Å². The lowest BCUT2D eigenvalue weighted by Crippen LogP contribution is -2.52. The van der Waals surface area contributed by atoms with E-state index in [1.807, 2.05) is 0 Å². The van der Waals surface area contributed by atoms with Crippen LogP contribution in [0.3, 0.4) is 0 Å². The number of piperidine rings is 1. The first-order valence-electron chi connectivity index (χ1n) is 5.32. The van der Waals surface area contributed by atoms with Gasteiger partial charge in [-0.1, -0.05) is 0 Å². The summed E-state index contributed by atoms with van der Waals surface area (Å²) < 4.78 is 5.54. The van der Waals surface area contributed by atoms with E-state index in [4.69, 9.17) is 4.74 Å². The molecule has 0 aromatic heterocycles. The highest BCUT2D eigenvalue weighted by Crippen LogP contribution is 2.23. The highest BCUT2D eigenvalue weighted by Gasteiger charge is 2.32. The topological polar surface area (TPSA) is 36.9 Å². The van der Waals surface area contributed by atoms with Crippen molar-refractivity contribution in [1.82, 2.24) is 10.2 Å². The van der Waals surface area contributed by atoms with Crippen LogP contribution in [0.1, 0.15) is 19.8 Å². The molecule has 2 rings (SSSR count). The van der Waals surface area contributed by atoms with E-state index in [0.717, 1.165) is 38.6 Å². The molecular weight excluding hydrogens is 178 g/mol. The molecule has 0 bridgehead atoms. The molecule has 0 amide bonds. The van der Waals surface area contributed by atoms with Gasteiger partial charge in [-0.2, -0.15) is 0 Å². The number of ether oxygens (including phenoxy) is 1. The molecule has 1 atom stereocenters. The predicted molar refractivity (Wildman–Crippen MR) is 56.5 cm³/mol. The van der Waals surface area contributed by atoms with Crippen LogP contribution in [0.25, 0.3) is 0 Å². The Bertz CT molecular complexity index is 242. The van der Waals surface area contributed by atoms with Crippen molar-refractivity contribution in [3.8, 4) is 0 Å². The number of aliphatic imine (C=N–C) groups is 1. The third kappa shape index (κ3) is 1.85. The molecule has 1 saturated heterocycles. The molecule has 0 spiro atoms. The van der Waals surface area contributed by atoms with Crippen LogP contribution in [-0.2, 0) is 4.74 Å². The van der Waals surface area contributed by atoms with Gasteiger partial charge in [0.05, 0.1) is 12.1 Å². The van der Waals surface area contributed by atoms with Gasteiger partial charge >= 0.3 is 0 Å². The van der Waals surface area contributed by atoms with Gasteiger partial charge in [0.2, 0.25) is 0 Å². The van der Waals surface area contributed by atoms with Crippen molar-refractivity contribution in [2.24, 2.45) is 4.99 Å². The van der Waals surface area contributed by atoms with Crippen LogP contribution in [0.4, 0.5) is 0 Å². The maximum atomic E-state index is 5.54. The van der Waals surface area contributed by atoms with Crippen LogP contribution in [-0.4, -0.2) is 49.7 Å².